The van der Waals surface area contributed by atoms with E-state index in [-0.39, 0.29) is 12.1 Å². The molecule has 0 unspecified atom stereocenters. The second-order valence-corrected chi connectivity index (χ2v) is 6.58. The number of fused-ring (bicyclic) bond motifs is 1. The monoisotopic (exact) mass is 378 g/mol. The van der Waals surface area contributed by atoms with Gasteiger partial charge in [0.15, 0.2) is 5.82 Å². The van der Waals surface area contributed by atoms with Crippen LogP contribution in [-0.2, 0) is 13.1 Å². The fourth-order valence-electron chi connectivity index (χ4n) is 2.94. The van der Waals surface area contributed by atoms with Crippen molar-refractivity contribution in [2.24, 2.45) is 0 Å². The lowest BCUT2D eigenvalue weighted by atomic mass is 10.2. The van der Waals surface area contributed by atoms with E-state index in [1.165, 1.54) is 0 Å². The lowest BCUT2D eigenvalue weighted by Crippen LogP contribution is -2.38. The molecule has 0 fully saturated rings. The van der Waals surface area contributed by atoms with Gasteiger partial charge >= 0.3 is 5.69 Å². The highest BCUT2D eigenvalue weighted by molar-refractivity contribution is 6.30. The molecular weight excluding hydrogens is 364 g/mol. The average Bonchev–Trinajstić information content (AvgIpc) is 2.68. The fraction of sp³-hybridized carbons (Fsp3) is 0.100. The Kier molecular flexibility index (Phi) is 4.56. The van der Waals surface area contributed by atoms with Crippen molar-refractivity contribution in [3.8, 4) is 11.4 Å². The molecule has 2 aliphatic rings. The Morgan fingerprint density at radius 3 is 2.33 bits per heavy atom. The minimum absolute atomic E-state index is 0.162. The molecule has 0 amide bonds. The van der Waals surface area contributed by atoms with E-state index < -0.39 is 5.69 Å². The van der Waals surface area contributed by atoms with Crippen LogP contribution in [0.15, 0.2) is 76.7 Å². The van der Waals surface area contributed by atoms with Crippen molar-refractivity contribution in [2.75, 3.05) is 0 Å². The Hall–Kier alpha value is -3.25. The summed E-state index contributed by atoms with van der Waals surface area (Å²) in [5.41, 5.74) is 1.29. The van der Waals surface area contributed by atoms with E-state index in [1.54, 1.807) is 59.6 Å². The zero-order valence-electron chi connectivity index (χ0n) is 14.2. The molecule has 6 nitrogen and oxygen atoms in total. The van der Waals surface area contributed by atoms with Crippen LogP contribution in [0.1, 0.15) is 11.1 Å². The minimum atomic E-state index is -0.569. The molecule has 0 saturated heterocycles. The molecule has 7 heteroatoms. The highest BCUT2D eigenvalue weighted by atomic mass is 35.5. The van der Waals surface area contributed by atoms with Crippen molar-refractivity contribution in [1.29, 1.82) is 0 Å². The third-order valence-electron chi connectivity index (χ3n) is 4.31. The topological polar surface area (TPSA) is 69.8 Å². The maximum Gasteiger partial charge on any atom is 0.352 e. The molecule has 134 valence electrons. The van der Waals surface area contributed by atoms with Crippen molar-refractivity contribution < 1.29 is 0 Å². The summed E-state index contributed by atoms with van der Waals surface area (Å²) < 4.78 is 2.93. The maximum atomic E-state index is 12.9. The van der Waals surface area contributed by atoms with Crippen molar-refractivity contribution in [3.63, 3.8) is 0 Å². The SMILES string of the molecule is O=c1nc2n(Cc3ccc(Cl)cc3)cccc-2c(=O)n1Cc1ccncc1. The van der Waals surface area contributed by atoms with E-state index in [2.05, 4.69) is 9.97 Å². The Labute approximate surface area is 159 Å². The lowest BCUT2D eigenvalue weighted by molar-refractivity contribution is 0.678. The lowest BCUT2D eigenvalue weighted by Gasteiger charge is -2.15. The van der Waals surface area contributed by atoms with Crippen LogP contribution in [0, 0.1) is 0 Å². The quantitative estimate of drug-likeness (QED) is 0.547. The molecule has 3 heterocycles. The van der Waals surface area contributed by atoms with Gasteiger partial charge in [0.05, 0.1) is 12.1 Å². The number of nitrogens with zero attached hydrogens (tertiary/aromatic N) is 4. The van der Waals surface area contributed by atoms with Gasteiger partial charge in [0, 0.05) is 30.2 Å². The number of rotatable bonds is 4. The van der Waals surface area contributed by atoms with Gasteiger partial charge < -0.3 is 4.57 Å². The Morgan fingerprint density at radius 2 is 1.59 bits per heavy atom. The fourth-order valence-corrected chi connectivity index (χ4v) is 3.07. The van der Waals surface area contributed by atoms with Gasteiger partial charge in [0.1, 0.15) is 0 Å². The van der Waals surface area contributed by atoms with Crippen LogP contribution >= 0.6 is 11.6 Å². The molecule has 1 aromatic heterocycles. The largest absolute Gasteiger partial charge is 0.352 e. The summed E-state index contributed by atoms with van der Waals surface area (Å²) in [6, 6.07) is 14.4. The summed E-state index contributed by atoms with van der Waals surface area (Å²) in [7, 11) is 0. The van der Waals surface area contributed by atoms with Crippen LogP contribution < -0.4 is 11.2 Å². The first-order chi connectivity index (χ1) is 13.1. The minimum Gasteiger partial charge on any atom is -0.328 e. The van der Waals surface area contributed by atoms with E-state index in [0.29, 0.717) is 23.0 Å². The van der Waals surface area contributed by atoms with Gasteiger partial charge in [0.2, 0.25) is 0 Å². The number of benzene rings is 1. The van der Waals surface area contributed by atoms with Gasteiger partial charge in [0.25, 0.3) is 5.56 Å². The zero-order chi connectivity index (χ0) is 18.8. The number of aromatic nitrogens is 4. The summed E-state index contributed by atoms with van der Waals surface area (Å²) in [6.07, 6.45) is 5.05. The molecule has 27 heavy (non-hydrogen) atoms. The summed E-state index contributed by atoms with van der Waals surface area (Å²) in [4.78, 5) is 33.5. The highest BCUT2D eigenvalue weighted by Crippen LogP contribution is 2.16. The zero-order valence-corrected chi connectivity index (χ0v) is 15.0. The van der Waals surface area contributed by atoms with Crippen molar-refractivity contribution in [1.82, 2.24) is 19.1 Å². The molecule has 0 bridgehead atoms. The summed E-state index contributed by atoms with van der Waals surface area (Å²) in [5, 5.41) is 0.653. The normalized spacial score (nSPS) is 11.0. The van der Waals surface area contributed by atoms with E-state index in [1.807, 2.05) is 12.1 Å². The van der Waals surface area contributed by atoms with Gasteiger partial charge in [-0.05, 0) is 47.5 Å². The van der Waals surface area contributed by atoms with Crippen molar-refractivity contribution >= 4 is 11.6 Å². The first-order valence-corrected chi connectivity index (χ1v) is 8.73. The van der Waals surface area contributed by atoms with Crippen molar-refractivity contribution in [3.05, 3.63) is 104 Å². The van der Waals surface area contributed by atoms with E-state index in [9.17, 15) is 9.59 Å². The molecule has 0 saturated carbocycles. The average molecular weight is 379 g/mol. The smallest absolute Gasteiger partial charge is 0.328 e. The number of hydrogen-bond donors (Lipinski definition) is 0. The Morgan fingerprint density at radius 1 is 0.889 bits per heavy atom. The second kappa shape index (κ2) is 7.17. The standard InChI is InChI=1S/C20H15ClN4O2/c21-16-5-3-14(4-6-16)12-24-11-1-2-17-18(24)23-20(27)25(19(17)26)13-15-7-9-22-10-8-15/h1-11H,12-13H2. The van der Waals surface area contributed by atoms with Gasteiger partial charge in [-0.25, -0.2) is 4.79 Å². The molecular formula is C20H15ClN4O2. The molecule has 0 N–H and O–H groups in total. The number of pyridine rings is 2. The molecule has 0 spiro atoms. The van der Waals surface area contributed by atoms with E-state index in [4.69, 9.17) is 11.6 Å². The van der Waals surface area contributed by atoms with Gasteiger partial charge in [-0.2, -0.15) is 4.98 Å². The maximum absolute atomic E-state index is 12.9. The predicted molar refractivity (Wildman–Crippen MR) is 103 cm³/mol. The summed E-state index contributed by atoms with van der Waals surface area (Å²) in [5.74, 6) is 0.369. The van der Waals surface area contributed by atoms with E-state index in [0.717, 1.165) is 15.7 Å². The highest BCUT2D eigenvalue weighted by Gasteiger charge is 2.17. The third-order valence-corrected chi connectivity index (χ3v) is 4.56. The van der Waals surface area contributed by atoms with Gasteiger partial charge in [-0.3, -0.25) is 14.3 Å². The summed E-state index contributed by atoms with van der Waals surface area (Å²) in [6.45, 7) is 0.643. The molecule has 2 aromatic rings. The Balaban J connectivity index is 1.77. The summed E-state index contributed by atoms with van der Waals surface area (Å²) >= 11 is 5.93. The van der Waals surface area contributed by atoms with Gasteiger partial charge in [-0.15, -0.1) is 0 Å². The Bertz CT molecular complexity index is 1170. The van der Waals surface area contributed by atoms with Crippen molar-refractivity contribution in [2.45, 2.75) is 13.1 Å². The number of halogens is 1. The molecule has 1 aromatic carbocycles. The van der Waals surface area contributed by atoms with Gasteiger partial charge in [-0.1, -0.05) is 23.7 Å². The molecule has 0 atom stereocenters. The molecule has 2 aliphatic heterocycles. The van der Waals surface area contributed by atoms with Crippen LogP contribution in [0.4, 0.5) is 0 Å². The molecule has 4 rings (SSSR count). The first kappa shape index (κ1) is 17.2. The molecule has 0 radical (unpaired) electrons. The second-order valence-electron chi connectivity index (χ2n) is 6.14. The van der Waals surface area contributed by atoms with Crippen LogP contribution in [0.3, 0.4) is 0 Å². The predicted octanol–water partition coefficient (Wildman–Crippen LogP) is 2.65. The first-order valence-electron chi connectivity index (χ1n) is 8.35. The number of hydrogen-bond acceptors (Lipinski definition) is 4. The third kappa shape index (κ3) is 3.52. The van der Waals surface area contributed by atoms with Crippen LogP contribution in [-0.4, -0.2) is 19.1 Å². The molecule has 0 aliphatic carbocycles. The van der Waals surface area contributed by atoms with Crippen LogP contribution in [0.5, 0.6) is 0 Å². The van der Waals surface area contributed by atoms with Crippen LogP contribution in [0.25, 0.3) is 11.4 Å². The van der Waals surface area contributed by atoms with Crippen LogP contribution in [0.2, 0.25) is 5.02 Å². The van der Waals surface area contributed by atoms with E-state index >= 15 is 0 Å².